The molecule has 1 amide bonds. The Morgan fingerprint density at radius 1 is 1.00 bits per heavy atom. The van der Waals surface area contributed by atoms with Crippen LogP contribution in [0.4, 0.5) is 0 Å². The van der Waals surface area contributed by atoms with E-state index in [1.165, 1.54) is 10.5 Å². The summed E-state index contributed by atoms with van der Waals surface area (Å²) in [4.78, 5) is 16.4. The summed E-state index contributed by atoms with van der Waals surface area (Å²) in [6, 6.07) is 17.3. The molecular weight excluding hydrogens is 410 g/mol. The number of benzene rings is 2. The van der Waals surface area contributed by atoms with Gasteiger partial charge in [-0.1, -0.05) is 56.3 Å². The quantitative estimate of drug-likeness (QED) is 0.616. The number of sulfonamides is 1. The molecule has 2 aromatic rings. The van der Waals surface area contributed by atoms with Gasteiger partial charge in [0, 0.05) is 18.5 Å². The van der Waals surface area contributed by atoms with Crippen molar-refractivity contribution in [1.82, 2.24) is 9.62 Å². The van der Waals surface area contributed by atoms with E-state index in [9.17, 15) is 13.2 Å². The molecule has 1 saturated heterocycles. The van der Waals surface area contributed by atoms with Crippen molar-refractivity contribution >= 4 is 15.9 Å². The average molecular weight is 445 g/mol. The number of piperazine rings is 1. The Kier molecular flexibility index (Phi) is 8.23. The number of hydrogen-bond acceptors (Lipinski definition) is 3. The first-order valence-corrected chi connectivity index (χ1v) is 12.6. The van der Waals surface area contributed by atoms with Gasteiger partial charge in [0.05, 0.1) is 31.1 Å². The van der Waals surface area contributed by atoms with E-state index in [1.807, 2.05) is 24.8 Å². The summed E-state index contributed by atoms with van der Waals surface area (Å²) in [6.07, 6.45) is 1.07. The zero-order chi connectivity index (χ0) is 22.3. The molecule has 0 radical (unpaired) electrons. The van der Waals surface area contributed by atoms with E-state index in [0.29, 0.717) is 19.4 Å². The number of carbonyl (C=O) groups is 1. The number of nitrogens with zero attached hydrogens (tertiary/aromatic N) is 1. The number of quaternary nitrogens is 1. The first-order chi connectivity index (χ1) is 14.8. The molecule has 1 heterocycles. The number of rotatable bonds is 9. The Labute approximate surface area is 186 Å². The highest BCUT2D eigenvalue weighted by Crippen LogP contribution is 2.13. The first-order valence-electron chi connectivity index (χ1n) is 11.1. The van der Waals surface area contributed by atoms with Crippen LogP contribution in [0.5, 0.6) is 0 Å². The van der Waals surface area contributed by atoms with Gasteiger partial charge in [-0.25, -0.2) is 13.1 Å². The van der Waals surface area contributed by atoms with E-state index in [4.69, 9.17) is 0 Å². The minimum Gasteiger partial charge on any atom is -0.331 e. The lowest BCUT2D eigenvalue weighted by molar-refractivity contribution is -0.917. The Morgan fingerprint density at radius 3 is 2.26 bits per heavy atom. The van der Waals surface area contributed by atoms with Crippen molar-refractivity contribution < 1.29 is 18.1 Å². The van der Waals surface area contributed by atoms with Gasteiger partial charge < -0.3 is 9.80 Å². The fraction of sp³-hybridized carbons (Fsp3) is 0.458. The second-order valence-electron chi connectivity index (χ2n) is 8.68. The summed E-state index contributed by atoms with van der Waals surface area (Å²) >= 11 is 0. The highest BCUT2D eigenvalue weighted by molar-refractivity contribution is 7.89. The number of nitrogens with one attached hydrogen (secondary N) is 2. The van der Waals surface area contributed by atoms with Crippen LogP contribution in [0.15, 0.2) is 59.5 Å². The van der Waals surface area contributed by atoms with E-state index >= 15 is 0 Å². The van der Waals surface area contributed by atoms with Crippen molar-refractivity contribution in [2.24, 2.45) is 5.92 Å². The van der Waals surface area contributed by atoms with Crippen LogP contribution >= 0.6 is 0 Å². The van der Waals surface area contributed by atoms with Gasteiger partial charge >= 0.3 is 0 Å². The highest BCUT2D eigenvalue weighted by atomic mass is 32.2. The minimum absolute atomic E-state index is 0.175. The molecule has 0 spiro atoms. The lowest BCUT2D eigenvalue weighted by Crippen LogP contribution is -3.13. The van der Waals surface area contributed by atoms with Crippen molar-refractivity contribution in [3.05, 3.63) is 65.7 Å². The summed E-state index contributed by atoms with van der Waals surface area (Å²) in [6.45, 7) is 8.87. The van der Waals surface area contributed by atoms with Crippen molar-refractivity contribution in [3.8, 4) is 0 Å². The predicted molar refractivity (Wildman–Crippen MR) is 122 cm³/mol. The largest absolute Gasteiger partial charge is 0.331 e. The SMILES string of the molecule is CC(C)CNS(=O)(=O)c1ccc(CCC(=O)N2CC[NH+](Cc3ccccc3)CC2)cc1. The van der Waals surface area contributed by atoms with E-state index in [-0.39, 0.29) is 16.7 Å². The van der Waals surface area contributed by atoms with Crippen LogP contribution in [0.25, 0.3) is 0 Å². The van der Waals surface area contributed by atoms with Gasteiger partial charge in [0.25, 0.3) is 0 Å². The molecule has 1 aliphatic heterocycles. The summed E-state index contributed by atoms with van der Waals surface area (Å²) in [5, 5.41) is 0. The van der Waals surface area contributed by atoms with E-state index < -0.39 is 10.0 Å². The molecule has 31 heavy (non-hydrogen) atoms. The molecule has 7 heteroatoms. The Morgan fingerprint density at radius 2 is 1.65 bits per heavy atom. The summed E-state index contributed by atoms with van der Waals surface area (Å²) in [5.74, 6) is 0.427. The van der Waals surface area contributed by atoms with Gasteiger partial charge in [0.15, 0.2) is 0 Å². The molecule has 0 aromatic heterocycles. The molecule has 1 fully saturated rings. The van der Waals surface area contributed by atoms with Gasteiger partial charge in [-0.05, 0) is 30.0 Å². The van der Waals surface area contributed by atoms with Crippen LogP contribution < -0.4 is 9.62 Å². The maximum atomic E-state index is 12.6. The zero-order valence-electron chi connectivity index (χ0n) is 18.5. The maximum absolute atomic E-state index is 12.6. The topological polar surface area (TPSA) is 70.9 Å². The molecule has 168 valence electrons. The first kappa shape index (κ1) is 23.4. The van der Waals surface area contributed by atoms with E-state index in [0.717, 1.165) is 38.3 Å². The van der Waals surface area contributed by atoms with Gasteiger partial charge in [0.1, 0.15) is 6.54 Å². The number of hydrogen-bond donors (Lipinski definition) is 2. The van der Waals surface area contributed by atoms with Crippen molar-refractivity contribution in [3.63, 3.8) is 0 Å². The Bertz CT molecular complexity index is 936. The molecule has 1 aliphatic rings. The van der Waals surface area contributed by atoms with Crippen molar-refractivity contribution in [2.45, 2.75) is 38.1 Å². The lowest BCUT2D eigenvalue weighted by Gasteiger charge is -2.32. The number of amides is 1. The molecule has 3 rings (SSSR count). The summed E-state index contributed by atoms with van der Waals surface area (Å²) in [7, 11) is -3.48. The monoisotopic (exact) mass is 444 g/mol. The molecule has 0 saturated carbocycles. The molecule has 6 nitrogen and oxygen atoms in total. The summed E-state index contributed by atoms with van der Waals surface area (Å²) in [5.41, 5.74) is 2.31. The van der Waals surface area contributed by atoms with Gasteiger partial charge in [-0.2, -0.15) is 0 Å². The van der Waals surface area contributed by atoms with E-state index in [2.05, 4.69) is 29.0 Å². The molecule has 0 bridgehead atoms. The average Bonchev–Trinajstić information content (AvgIpc) is 2.78. The predicted octanol–water partition coefficient (Wildman–Crippen LogP) is 1.48. The second kappa shape index (κ2) is 10.9. The standard InChI is InChI=1S/C24H33N3O3S/c1-20(2)18-25-31(29,30)23-11-8-21(9-12-23)10-13-24(28)27-16-14-26(15-17-27)19-22-6-4-3-5-7-22/h3-9,11-12,20,25H,10,13-19H2,1-2H3/p+1. The summed E-state index contributed by atoms with van der Waals surface area (Å²) < 4.78 is 27.2. The van der Waals surface area contributed by atoms with Crippen LogP contribution in [-0.4, -0.2) is 51.9 Å². The van der Waals surface area contributed by atoms with Crippen LogP contribution in [0.2, 0.25) is 0 Å². The zero-order valence-corrected chi connectivity index (χ0v) is 19.3. The third kappa shape index (κ3) is 7.16. The normalized spacial score (nSPS) is 15.4. The Balaban J connectivity index is 1.43. The number of aryl methyl sites for hydroxylation is 1. The fourth-order valence-electron chi connectivity index (χ4n) is 3.74. The van der Waals surface area contributed by atoms with Gasteiger partial charge in [-0.15, -0.1) is 0 Å². The molecule has 0 aliphatic carbocycles. The maximum Gasteiger partial charge on any atom is 0.240 e. The smallest absolute Gasteiger partial charge is 0.240 e. The van der Waals surface area contributed by atoms with Crippen LogP contribution in [0, 0.1) is 5.92 Å². The van der Waals surface area contributed by atoms with Crippen LogP contribution in [0.3, 0.4) is 0 Å². The van der Waals surface area contributed by atoms with Crippen molar-refractivity contribution in [2.75, 3.05) is 32.7 Å². The Hall–Kier alpha value is -2.22. The lowest BCUT2D eigenvalue weighted by atomic mass is 10.1. The van der Waals surface area contributed by atoms with Crippen molar-refractivity contribution in [1.29, 1.82) is 0 Å². The third-order valence-electron chi connectivity index (χ3n) is 5.66. The molecule has 0 unspecified atom stereocenters. The number of carbonyl (C=O) groups excluding carboxylic acids is 1. The van der Waals surface area contributed by atoms with Crippen LogP contribution in [0.1, 0.15) is 31.4 Å². The highest BCUT2D eigenvalue weighted by Gasteiger charge is 2.23. The fourth-order valence-corrected chi connectivity index (χ4v) is 4.95. The van der Waals surface area contributed by atoms with Gasteiger partial charge in [0.2, 0.25) is 15.9 Å². The molecular formula is C24H34N3O3S+. The third-order valence-corrected chi connectivity index (χ3v) is 7.10. The van der Waals surface area contributed by atoms with Gasteiger partial charge in [-0.3, -0.25) is 4.79 Å². The molecule has 2 N–H and O–H groups in total. The van der Waals surface area contributed by atoms with E-state index in [1.54, 1.807) is 24.3 Å². The molecule has 0 atom stereocenters. The molecule has 2 aromatic carbocycles. The van der Waals surface area contributed by atoms with Crippen LogP contribution in [-0.2, 0) is 27.8 Å². The minimum atomic E-state index is -3.48. The second-order valence-corrected chi connectivity index (χ2v) is 10.4.